The summed E-state index contributed by atoms with van der Waals surface area (Å²) >= 11 is 12.4. The van der Waals surface area contributed by atoms with Gasteiger partial charge in [-0.2, -0.15) is 0 Å². The number of hydrogen-bond acceptors (Lipinski definition) is 2. The van der Waals surface area contributed by atoms with Crippen molar-refractivity contribution < 1.29 is 4.42 Å². The van der Waals surface area contributed by atoms with E-state index in [4.69, 9.17) is 27.6 Å². The summed E-state index contributed by atoms with van der Waals surface area (Å²) in [5.41, 5.74) is 1.87. The zero-order valence-corrected chi connectivity index (χ0v) is 14.8. The summed E-state index contributed by atoms with van der Waals surface area (Å²) in [6.07, 6.45) is 0. The zero-order chi connectivity index (χ0) is 15.8. The Balaban J connectivity index is 2.50. The van der Waals surface area contributed by atoms with Crippen molar-refractivity contribution >= 4 is 34.2 Å². The van der Waals surface area contributed by atoms with E-state index in [1.165, 1.54) is 5.56 Å². The molecular formula is C17H23Cl2NO. The van der Waals surface area contributed by atoms with Gasteiger partial charge in [0.25, 0.3) is 0 Å². The molecule has 0 saturated heterocycles. The minimum atomic E-state index is -0.0166. The van der Waals surface area contributed by atoms with Gasteiger partial charge >= 0.3 is 0 Å². The van der Waals surface area contributed by atoms with E-state index in [0.717, 1.165) is 17.7 Å². The summed E-state index contributed by atoms with van der Waals surface area (Å²) in [7, 11) is 0. The fourth-order valence-corrected chi connectivity index (χ4v) is 2.93. The molecule has 0 fully saturated rings. The van der Waals surface area contributed by atoms with Crippen molar-refractivity contribution in [2.45, 2.75) is 46.6 Å². The lowest BCUT2D eigenvalue weighted by Crippen LogP contribution is -2.21. The van der Waals surface area contributed by atoms with Gasteiger partial charge < -0.3 is 9.73 Å². The molecule has 4 heteroatoms. The maximum atomic E-state index is 6.30. The number of nitrogens with one attached hydrogen (secondary N) is 1. The third kappa shape index (κ3) is 3.56. The van der Waals surface area contributed by atoms with Gasteiger partial charge in [-0.1, -0.05) is 57.8 Å². The lowest BCUT2D eigenvalue weighted by Gasteiger charge is -2.19. The molecule has 0 amide bonds. The molecule has 0 aliphatic carbocycles. The van der Waals surface area contributed by atoms with Crippen molar-refractivity contribution in [3.8, 4) is 0 Å². The highest BCUT2D eigenvalue weighted by Crippen LogP contribution is 2.40. The molecule has 1 heterocycles. The van der Waals surface area contributed by atoms with Crippen LogP contribution in [0, 0.1) is 5.92 Å². The van der Waals surface area contributed by atoms with Gasteiger partial charge in [0.2, 0.25) is 0 Å². The molecule has 21 heavy (non-hydrogen) atoms. The predicted octanol–water partition coefficient (Wildman–Crippen LogP) is 5.78. The maximum Gasteiger partial charge on any atom is 0.154 e. The average molecular weight is 328 g/mol. The quantitative estimate of drug-likeness (QED) is 0.769. The number of fused-ring (bicyclic) bond motifs is 1. The van der Waals surface area contributed by atoms with Gasteiger partial charge in [-0.15, -0.1) is 0 Å². The molecule has 0 bridgehead atoms. The highest BCUT2D eigenvalue weighted by atomic mass is 35.5. The molecule has 0 unspecified atom stereocenters. The first-order valence-electron chi connectivity index (χ1n) is 7.32. The normalized spacial score (nSPS) is 12.6. The Kier molecular flexibility index (Phi) is 4.92. The molecule has 0 aliphatic heterocycles. The summed E-state index contributed by atoms with van der Waals surface area (Å²) in [6.45, 7) is 12.6. The number of furan rings is 1. The smallest absolute Gasteiger partial charge is 0.154 e. The number of hydrogen-bond donors (Lipinski definition) is 1. The molecule has 0 aliphatic rings. The van der Waals surface area contributed by atoms with Crippen molar-refractivity contribution in [3.05, 3.63) is 33.5 Å². The largest absolute Gasteiger partial charge is 0.458 e. The SMILES string of the molecule is CC(C)CNCc1oc2c(Cl)c(Cl)ccc2c1C(C)(C)C. The summed E-state index contributed by atoms with van der Waals surface area (Å²) in [4.78, 5) is 0. The van der Waals surface area contributed by atoms with Gasteiger partial charge in [-0.3, -0.25) is 0 Å². The van der Waals surface area contributed by atoms with E-state index in [0.29, 0.717) is 28.1 Å². The van der Waals surface area contributed by atoms with Crippen LogP contribution in [-0.4, -0.2) is 6.54 Å². The van der Waals surface area contributed by atoms with Crippen molar-refractivity contribution in [1.29, 1.82) is 0 Å². The van der Waals surface area contributed by atoms with Gasteiger partial charge in [0.1, 0.15) is 10.8 Å². The van der Waals surface area contributed by atoms with Crippen molar-refractivity contribution in [1.82, 2.24) is 5.32 Å². The Labute approximate surface area is 136 Å². The van der Waals surface area contributed by atoms with Gasteiger partial charge in [-0.25, -0.2) is 0 Å². The standard InChI is InChI=1S/C17H23Cl2NO/c1-10(2)8-20-9-13-14(17(3,4)5)11-6-7-12(18)15(19)16(11)21-13/h6-7,10,20H,8-9H2,1-5H3. The van der Waals surface area contributed by atoms with E-state index in [1.807, 2.05) is 12.1 Å². The molecule has 1 aromatic carbocycles. The average Bonchev–Trinajstić information content (AvgIpc) is 2.72. The first-order valence-corrected chi connectivity index (χ1v) is 8.08. The van der Waals surface area contributed by atoms with Crippen LogP contribution >= 0.6 is 23.2 Å². The summed E-state index contributed by atoms with van der Waals surface area (Å²) in [5, 5.41) is 5.52. The van der Waals surface area contributed by atoms with Gasteiger partial charge in [0, 0.05) is 10.9 Å². The number of halogens is 2. The van der Waals surface area contributed by atoms with E-state index >= 15 is 0 Å². The summed E-state index contributed by atoms with van der Waals surface area (Å²) in [6, 6.07) is 3.84. The van der Waals surface area contributed by atoms with Crippen LogP contribution < -0.4 is 5.32 Å². The van der Waals surface area contributed by atoms with E-state index in [1.54, 1.807) is 0 Å². The second kappa shape index (κ2) is 6.20. The van der Waals surface area contributed by atoms with E-state index in [9.17, 15) is 0 Å². The van der Waals surface area contributed by atoms with Crippen LogP contribution in [-0.2, 0) is 12.0 Å². The third-order valence-corrected chi connectivity index (χ3v) is 4.20. The van der Waals surface area contributed by atoms with Crippen LogP contribution in [0.4, 0.5) is 0 Å². The Bertz CT molecular complexity index is 638. The minimum absolute atomic E-state index is 0.0166. The fourth-order valence-electron chi connectivity index (χ4n) is 2.57. The molecule has 1 N–H and O–H groups in total. The highest BCUT2D eigenvalue weighted by Gasteiger charge is 2.26. The fraction of sp³-hybridized carbons (Fsp3) is 0.529. The maximum absolute atomic E-state index is 6.30. The Morgan fingerprint density at radius 1 is 1.19 bits per heavy atom. The van der Waals surface area contributed by atoms with E-state index < -0.39 is 0 Å². The molecule has 2 rings (SSSR count). The van der Waals surface area contributed by atoms with Crippen molar-refractivity contribution in [2.24, 2.45) is 5.92 Å². The number of benzene rings is 1. The second-order valence-electron chi connectivity index (χ2n) is 6.91. The summed E-state index contributed by atoms with van der Waals surface area (Å²) in [5.74, 6) is 1.55. The van der Waals surface area contributed by atoms with Gasteiger partial charge in [-0.05, 0) is 30.0 Å². The molecule has 116 valence electrons. The lowest BCUT2D eigenvalue weighted by molar-refractivity contribution is 0.465. The molecule has 0 atom stereocenters. The van der Waals surface area contributed by atoms with Crippen LogP contribution in [0.5, 0.6) is 0 Å². The molecule has 0 saturated carbocycles. The molecular weight excluding hydrogens is 305 g/mol. The Hall–Kier alpha value is -0.700. The first-order chi connectivity index (χ1) is 9.71. The third-order valence-electron chi connectivity index (χ3n) is 3.41. The first kappa shape index (κ1) is 16.7. The van der Waals surface area contributed by atoms with Crippen LogP contribution in [0.2, 0.25) is 10.0 Å². The Morgan fingerprint density at radius 2 is 1.86 bits per heavy atom. The van der Waals surface area contributed by atoms with Crippen LogP contribution in [0.15, 0.2) is 16.5 Å². The van der Waals surface area contributed by atoms with E-state index in [-0.39, 0.29) is 5.41 Å². The lowest BCUT2D eigenvalue weighted by atomic mass is 9.84. The van der Waals surface area contributed by atoms with Crippen LogP contribution in [0.25, 0.3) is 11.0 Å². The van der Waals surface area contributed by atoms with Gasteiger partial charge in [0.15, 0.2) is 5.58 Å². The van der Waals surface area contributed by atoms with Gasteiger partial charge in [0.05, 0.1) is 11.6 Å². The molecule has 0 radical (unpaired) electrons. The van der Waals surface area contributed by atoms with Crippen molar-refractivity contribution in [3.63, 3.8) is 0 Å². The molecule has 2 aromatic rings. The summed E-state index contributed by atoms with van der Waals surface area (Å²) < 4.78 is 6.04. The number of rotatable bonds is 4. The molecule has 1 aromatic heterocycles. The molecule has 0 spiro atoms. The molecule has 2 nitrogen and oxygen atoms in total. The van der Waals surface area contributed by atoms with Crippen molar-refractivity contribution in [2.75, 3.05) is 6.54 Å². The zero-order valence-electron chi connectivity index (χ0n) is 13.3. The van der Waals surface area contributed by atoms with Crippen LogP contribution in [0.3, 0.4) is 0 Å². The van der Waals surface area contributed by atoms with E-state index in [2.05, 4.69) is 39.9 Å². The monoisotopic (exact) mass is 327 g/mol. The highest BCUT2D eigenvalue weighted by molar-refractivity contribution is 6.44. The minimum Gasteiger partial charge on any atom is -0.458 e. The second-order valence-corrected chi connectivity index (χ2v) is 7.70. The predicted molar refractivity (Wildman–Crippen MR) is 91.5 cm³/mol. The Morgan fingerprint density at radius 3 is 2.43 bits per heavy atom. The van der Waals surface area contributed by atoms with Crippen LogP contribution in [0.1, 0.15) is 45.9 Å². The topological polar surface area (TPSA) is 25.2 Å².